The zero-order valence-electron chi connectivity index (χ0n) is 13.3. The summed E-state index contributed by atoms with van der Waals surface area (Å²) in [6, 6.07) is 10.6. The van der Waals surface area contributed by atoms with Crippen LogP contribution in [0.4, 0.5) is 5.69 Å². The summed E-state index contributed by atoms with van der Waals surface area (Å²) in [7, 11) is 0. The molecule has 0 radical (unpaired) electrons. The lowest BCUT2D eigenvalue weighted by Crippen LogP contribution is -2.32. The minimum absolute atomic E-state index is 0.0355. The van der Waals surface area contributed by atoms with E-state index in [0.29, 0.717) is 29.2 Å². The highest BCUT2D eigenvalue weighted by Gasteiger charge is 2.14. The first-order chi connectivity index (χ1) is 11.0. The minimum atomic E-state index is -0.142. The first kappa shape index (κ1) is 17.0. The molecule has 0 unspecified atom stereocenters. The Hall–Kier alpha value is -2.40. The average Bonchev–Trinajstić information content (AvgIpc) is 3.07. The zero-order valence-corrected chi connectivity index (χ0v) is 14.2. The number of carbonyl (C=O) groups is 2. The molecule has 120 valence electrons. The summed E-state index contributed by atoms with van der Waals surface area (Å²) in [5, 5.41) is 4.68. The van der Waals surface area contributed by atoms with Crippen LogP contribution in [0.25, 0.3) is 0 Å². The molecule has 0 aliphatic heterocycles. The van der Waals surface area contributed by atoms with Crippen molar-refractivity contribution in [3.8, 4) is 0 Å². The van der Waals surface area contributed by atoms with Crippen LogP contribution in [-0.2, 0) is 0 Å². The molecule has 0 saturated carbocycles. The van der Waals surface area contributed by atoms with Gasteiger partial charge in [0.2, 0.25) is 0 Å². The molecule has 1 N–H and O–H groups in total. The van der Waals surface area contributed by atoms with E-state index in [1.807, 2.05) is 25.3 Å². The van der Waals surface area contributed by atoms with Gasteiger partial charge in [0.05, 0.1) is 4.88 Å². The van der Waals surface area contributed by atoms with Crippen molar-refractivity contribution in [2.24, 2.45) is 0 Å². The lowest BCUT2D eigenvalue weighted by atomic mass is 10.1. The highest BCUT2D eigenvalue weighted by Crippen LogP contribution is 2.15. The van der Waals surface area contributed by atoms with Gasteiger partial charge >= 0.3 is 0 Å². The van der Waals surface area contributed by atoms with Crippen LogP contribution >= 0.6 is 11.3 Å². The predicted molar refractivity (Wildman–Crippen MR) is 95.1 cm³/mol. The fourth-order valence-corrected chi connectivity index (χ4v) is 2.75. The minimum Gasteiger partial charge on any atom is -0.335 e. The molecule has 1 aromatic heterocycles. The molecule has 0 aliphatic carbocycles. The van der Waals surface area contributed by atoms with E-state index in [9.17, 15) is 9.59 Å². The smallest absolute Gasteiger partial charge is 0.265 e. The van der Waals surface area contributed by atoms with Crippen LogP contribution < -0.4 is 5.32 Å². The van der Waals surface area contributed by atoms with Crippen LogP contribution in [0.2, 0.25) is 0 Å². The molecule has 0 bridgehead atoms. The highest BCUT2D eigenvalue weighted by atomic mass is 32.1. The summed E-state index contributed by atoms with van der Waals surface area (Å²) in [5.41, 5.74) is 2.21. The Labute approximate surface area is 140 Å². The van der Waals surface area contributed by atoms with Crippen LogP contribution in [0, 0.1) is 0 Å². The molecule has 4 nitrogen and oxygen atoms in total. The van der Waals surface area contributed by atoms with Gasteiger partial charge in [-0.15, -0.1) is 11.3 Å². The van der Waals surface area contributed by atoms with Gasteiger partial charge in [0.15, 0.2) is 0 Å². The monoisotopic (exact) mass is 328 g/mol. The fraction of sp³-hybridized carbons (Fsp3) is 0.222. The van der Waals surface area contributed by atoms with E-state index in [4.69, 9.17) is 0 Å². The van der Waals surface area contributed by atoms with Crippen molar-refractivity contribution in [3.05, 3.63) is 64.4 Å². The number of anilines is 1. The Balaban J connectivity index is 2.05. The lowest BCUT2D eigenvalue weighted by molar-refractivity contribution is 0.0778. The summed E-state index contributed by atoms with van der Waals surface area (Å²) in [5.74, 6) is -0.178. The molecule has 0 spiro atoms. The fourth-order valence-electron chi connectivity index (χ4n) is 2.13. The molecular formula is C18H20N2O2S. The molecule has 23 heavy (non-hydrogen) atoms. The second-order valence-corrected chi connectivity index (χ2v) is 6.23. The van der Waals surface area contributed by atoms with Crippen molar-refractivity contribution in [1.29, 1.82) is 0 Å². The van der Waals surface area contributed by atoms with Crippen molar-refractivity contribution < 1.29 is 9.59 Å². The third kappa shape index (κ3) is 4.53. The van der Waals surface area contributed by atoms with E-state index in [-0.39, 0.29) is 11.8 Å². The molecule has 2 amide bonds. The molecular weight excluding hydrogens is 308 g/mol. The van der Waals surface area contributed by atoms with E-state index in [2.05, 4.69) is 11.9 Å². The molecule has 0 saturated heterocycles. The largest absolute Gasteiger partial charge is 0.335 e. The molecule has 0 fully saturated rings. The average molecular weight is 328 g/mol. The van der Waals surface area contributed by atoms with Crippen LogP contribution in [0.3, 0.4) is 0 Å². The van der Waals surface area contributed by atoms with E-state index < -0.39 is 0 Å². The van der Waals surface area contributed by atoms with Gasteiger partial charge in [0.1, 0.15) is 0 Å². The summed E-state index contributed by atoms with van der Waals surface area (Å²) < 4.78 is 0. The molecule has 1 heterocycles. The Kier molecular flexibility index (Phi) is 5.71. The summed E-state index contributed by atoms with van der Waals surface area (Å²) in [6.07, 6.45) is 0. The number of likely N-dealkylation sites (N-methyl/N-ethyl adjacent to an activating group) is 1. The van der Waals surface area contributed by atoms with Gasteiger partial charge in [0.25, 0.3) is 11.8 Å². The molecule has 1 aromatic carbocycles. The number of rotatable bonds is 6. The van der Waals surface area contributed by atoms with Gasteiger partial charge in [-0.3, -0.25) is 9.59 Å². The van der Waals surface area contributed by atoms with Crippen molar-refractivity contribution in [1.82, 2.24) is 4.90 Å². The maximum absolute atomic E-state index is 12.4. The zero-order chi connectivity index (χ0) is 16.8. The number of hydrogen-bond acceptors (Lipinski definition) is 3. The third-order valence-corrected chi connectivity index (χ3v) is 4.13. The number of hydrogen-bond donors (Lipinski definition) is 1. The molecule has 2 rings (SSSR count). The first-order valence-electron chi connectivity index (χ1n) is 7.40. The number of nitrogens with one attached hydrogen (secondary N) is 1. The van der Waals surface area contributed by atoms with Gasteiger partial charge in [-0.2, -0.15) is 0 Å². The van der Waals surface area contributed by atoms with Crippen LogP contribution in [0.15, 0.2) is 53.9 Å². The van der Waals surface area contributed by atoms with E-state index in [1.54, 1.807) is 35.2 Å². The predicted octanol–water partition coefficient (Wildman–Crippen LogP) is 4.04. The topological polar surface area (TPSA) is 49.4 Å². The number of thiophene rings is 1. The van der Waals surface area contributed by atoms with Gasteiger partial charge in [0, 0.05) is 24.3 Å². The Morgan fingerprint density at radius 2 is 1.91 bits per heavy atom. The molecule has 2 aromatic rings. The van der Waals surface area contributed by atoms with E-state index in [0.717, 1.165) is 5.57 Å². The Bertz CT molecular complexity index is 690. The normalized spacial score (nSPS) is 10.2. The van der Waals surface area contributed by atoms with E-state index in [1.165, 1.54) is 11.3 Å². The van der Waals surface area contributed by atoms with Crippen molar-refractivity contribution >= 4 is 28.8 Å². The number of carbonyl (C=O) groups excluding carboxylic acids is 2. The maximum atomic E-state index is 12.4. The Morgan fingerprint density at radius 1 is 1.22 bits per heavy atom. The standard InChI is InChI=1S/C18H20N2O2S/c1-4-20(12-13(2)3)18(22)14-7-9-15(10-8-14)19-17(21)16-6-5-11-23-16/h5-11H,2,4,12H2,1,3H3,(H,19,21). The van der Waals surface area contributed by atoms with Crippen molar-refractivity contribution in [3.63, 3.8) is 0 Å². The third-order valence-electron chi connectivity index (χ3n) is 3.26. The second-order valence-electron chi connectivity index (χ2n) is 5.29. The van der Waals surface area contributed by atoms with Gasteiger partial charge < -0.3 is 10.2 Å². The number of benzene rings is 1. The quantitative estimate of drug-likeness (QED) is 0.814. The van der Waals surface area contributed by atoms with Gasteiger partial charge in [-0.05, 0) is 49.6 Å². The molecule has 0 aliphatic rings. The van der Waals surface area contributed by atoms with Crippen molar-refractivity contribution in [2.45, 2.75) is 13.8 Å². The first-order valence-corrected chi connectivity index (χ1v) is 8.27. The van der Waals surface area contributed by atoms with Gasteiger partial charge in [-0.25, -0.2) is 0 Å². The summed E-state index contributed by atoms with van der Waals surface area (Å²) in [4.78, 5) is 26.8. The Morgan fingerprint density at radius 3 is 2.43 bits per heavy atom. The summed E-state index contributed by atoms with van der Waals surface area (Å²) >= 11 is 1.39. The second kappa shape index (κ2) is 7.74. The summed E-state index contributed by atoms with van der Waals surface area (Å²) in [6.45, 7) is 8.87. The van der Waals surface area contributed by atoms with E-state index >= 15 is 0 Å². The number of amides is 2. The van der Waals surface area contributed by atoms with Crippen molar-refractivity contribution in [2.75, 3.05) is 18.4 Å². The van der Waals surface area contributed by atoms with Crippen LogP contribution in [0.1, 0.15) is 33.9 Å². The highest BCUT2D eigenvalue weighted by molar-refractivity contribution is 7.12. The SMILES string of the molecule is C=C(C)CN(CC)C(=O)c1ccc(NC(=O)c2cccs2)cc1. The lowest BCUT2D eigenvalue weighted by Gasteiger charge is -2.21. The maximum Gasteiger partial charge on any atom is 0.265 e. The van der Waals surface area contributed by atoms with Crippen LogP contribution in [0.5, 0.6) is 0 Å². The van der Waals surface area contributed by atoms with Gasteiger partial charge in [-0.1, -0.05) is 18.2 Å². The molecule has 0 atom stereocenters. The molecule has 5 heteroatoms. The number of nitrogens with zero attached hydrogens (tertiary/aromatic N) is 1. The van der Waals surface area contributed by atoms with Crippen LogP contribution in [-0.4, -0.2) is 29.8 Å².